The molecule has 1 N–H and O–H groups in total. The normalized spacial score (nSPS) is 16.9. The van der Waals surface area contributed by atoms with Crippen LogP contribution in [0.5, 0.6) is 0 Å². The van der Waals surface area contributed by atoms with Gasteiger partial charge in [-0.15, -0.1) is 0 Å². The summed E-state index contributed by atoms with van der Waals surface area (Å²) >= 11 is 0. The van der Waals surface area contributed by atoms with E-state index in [1.165, 1.54) is 9.47 Å². The highest BCUT2D eigenvalue weighted by Gasteiger charge is 2.26. The molecular weight excluding hydrogens is 344 g/mol. The molecule has 2 amide bonds. The van der Waals surface area contributed by atoms with E-state index in [0.29, 0.717) is 12.2 Å². The molecule has 4 rings (SSSR count). The van der Waals surface area contributed by atoms with Crippen molar-refractivity contribution < 1.29 is 14.3 Å². The molecule has 7 nitrogen and oxygen atoms in total. The van der Waals surface area contributed by atoms with Crippen molar-refractivity contribution in [2.24, 2.45) is 7.05 Å². The van der Waals surface area contributed by atoms with E-state index in [0.717, 1.165) is 41.4 Å². The van der Waals surface area contributed by atoms with Gasteiger partial charge in [-0.1, -0.05) is 18.2 Å². The number of nitrogens with zero attached hydrogens (tertiary/aromatic N) is 3. The number of hydrogen-bond acceptors (Lipinski definition) is 3. The number of rotatable bonds is 3. The Morgan fingerprint density at radius 2 is 2.04 bits per heavy atom. The van der Waals surface area contributed by atoms with Gasteiger partial charge in [-0.3, -0.25) is 9.36 Å². The Morgan fingerprint density at radius 1 is 1.26 bits per heavy atom. The van der Waals surface area contributed by atoms with Crippen LogP contribution in [-0.4, -0.2) is 59.3 Å². The third kappa shape index (κ3) is 2.88. The van der Waals surface area contributed by atoms with Gasteiger partial charge in [-0.2, -0.15) is 0 Å². The molecule has 0 radical (unpaired) electrons. The molecule has 27 heavy (non-hydrogen) atoms. The fourth-order valence-electron chi connectivity index (χ4n) is 3.78. The van der Waals surface area contributed by atoms with Crippen molar-refractivity contribution in [1.29, 1.82) is 0 Å². The van der Waals surface area contributed by atoms with Crippen molar-refractivity contribution in [3.8, 4) is 0 Å². The van der Waals surface area contributed by atoms with Crippen molar-refractivity contribution >= 4 is 33.9 Å². The molecular formula is C20H24N4O3. The van der Waals surface area contributed by atoms with Crippen LogP contribution in [-0.2, 0) is 11.8 Å². The highest BCUT2D eigenvalue weighted by Crippen LogP contribution is 2.31. The minimum absolute atomic E-state index is 0.0529. The topological polar surface area (TPSA) is 68.5 Å². The monoisotopic (exact) mass is 368 g/mol. The summed E-state index contributed by atoms with van der Waals surface area (Å²) in [6.07, 6.45) is 2.02. The molecule has 0 unspecified atom stereocenters. The SMILES string of the molecule is CN(C)C(=O)n1c(C(=O)NC[C@H]2CCCO2)cc2c1c1ccccc1n2C. The van der Waals surface area contributed by atoms with Gasteiger partial charge in [0.25, 0.3) is 5.91 Å². The number of nitrogens with one attached hydrogen (secondary N) is 1. The van der Waals surface area contributed by atoms with E-state index in [9.17, 15) is 9.59 Å². The number of aromatic nitrogens is 2. The Balaban J connectivity index is 1.81. The second-order valence-electron chi connectivity index (χ2n) is 7.20. The number of hydrogen-bond donors (Lipinski definition) is 1. The van der Waals surface area contributed by atoms with Crippen LogP contribution in [0.2, 0.25) is 0 Å². The second kappa shape index (κ2) is 6.74. The van der Waals surface area contributed by atoms with Crippen molar-refractivity contribution in [2.75, 3.05) is 27.2 Å². The van der Waals surface area contributed by atoms with Crippen molar-refractivity contribution in [2.45, 2.75) is 18.9 Å². The first-order chi connectivity index (χ1) is 13.0. The molecule has 1 atom stereocenters. The van der Waals surface area contributed by atoms with E-state index < -0.39 is 0 Å². The molecule has 142 valence electrons. The molecule has 1 aromatic carbocycles. The standard InChI is InChI=1S/C20H24N4O3/c1-22(2)20(26)24-17(19(25)21-12-13-7-6-10-27-13)11-16-18(24)14-8-4-5-9-15(14)23(16)3/h4-5,8-9,11,13H,6-7,10,12H2,1-3H3,(H,21,25)/t13-/m1/s1. The van der Waals surface area contributed by atoms with Gasteiger partial charge in [-0.25, -0.2) is 4.79 Å². The summed E-state index contributed by atoms with van der Waals surface area (Å²) < 4.78 is 9.11. The fraction of sp³-hybridized carbons (Fsp3) is 0.400. The molecule has 1 saturated heterocycles. The summed E-state index contributed by atoms with van der Waals surface area (Å²) in [6.45, 7) is 1.20. The maximum Gasteiger partial charge on any atom is 0.328 e. The molecule has 7 heteroatoms. The number of aryl methyl sites for hydroxylation is 1. The number of carbonyl (C=O) groups excluding carboxylic acids is 2. The van der Waals surface area contributed by atoms with E-state index in [1.807, 2.05) is 35.9 Å². The summed E-state index contributed by atoms with van der Waals surface area (Å²) in [7, 11) is 5.32. The maximum atomic E-state index is 12.9. The van der Waals surface area contributed by atoms with Crippen LogP contribution in [0.15, 0.2) is 30.3 Å². The first-order valence-electron chi connectivity index (χ1n) is 9.19. The van der Waals surface area contributed by atoms with Crippen LogP contribution in [0.25, 0.3) is 21.9 Å². The number of carbonyl (C=O) groups is 2. The Hall–Kier alpha value is -2.80. The summed E-state index contributed by atoms with van der Waals surface area (Å²) in [4.78, 5) is 27.3. The Kier molecular flexibility index (Phi) is 4.39. The van der Waals surface area contributed by atoms with E-state index >= 15 is 0 Å². The highest BCUT2D eigenvalue weighted by molar-refractivity contribution is 6.14. The van der Waals surface area contributed by atoms with Crippen molar-refractivity contribution in [3.05, 3.63) is 36.0 Å². The zero-order valence-electron chi connectivity index (χ0n) is 15.9. The van der Waals surface area contributed by atoms with Crippen LogP contribution in [0.3, 0.4) is 0 Å². The lowest BCUT2D eigenvalue weighted by molar-refractivity contribution is 0.0851. The van der Waals surface area contributed by atoms with Gasteiger partial charge < -0.3 is 19.5 Å². The molecule has 3 aromatic rings. The molecule has 0 spiro atoms. The average Bonchev–Trinajstić information content (AvgIpc) is 3.37. The Bertz CT molecular complexity index is 1020. The van der Waals surface area contributed by atoms with Crippen LogP contribution in [0, 0.1) is 0 Å². The van der Waals surface area contributed by atoms with Gasteiger partial charge in [0.2, 0.25) is 0 Å². The van der Waals surface area contributed by atoms with E-state index in [-0.39, 0.29) is 18.0 Å². The summed E-state index contributed by atoms with van der Waals surface area (Å²) in [6, 6.07) is 9.44. The number of ether oxygens (including phenoxy) is 1. The lowest BCUT2D eigenvalue weighted by Crippen LogP contribution is -2.36. The minimum Gasteiger partial charge on any atom is -0.376 e. The van der Waals surface area contributed by atoms with E-state index in [1.54, 1.807) is 20.2 Å². The van der Waals surface area contributed by atoms with Crippen LogP contribution >= 0.6 is 0 Å². The van der Waals surface area contributed by atoms with Crippen molar-refractivity contribution in [1.82, 2.24) is 19.4 Å². The summed E-state index contributed by atoms with van der Waals surface area (Å²) in [5, 5.41) is 3.88. The first-order valence-corrected chi connectivity index (χ1v) is 9.19. The zero-order chi connectivity index (χ0) is 19.1. The minimum atomic E-state index is -0.263. The number of para-hydroxylation sites is 1. The molecule has 1 aliphatic rings. The lowest BCUT2D eigenvalue weighted by Gasteiger charge is -2.16. The molecule has 0 aliphatic carbocycles. The van der Waals surface area contributed by atoms with Gasteiger partial charge in [0.05, 0.1) is 22.7 Å². The van der Waals surface area contributed by atoms with Gasteiger partial charge in [-0.05, 0) is 25.0 Å². The number of benzene rings is 1. The predicted octanol–water partition coefficient (Wildman–Crippen LogP) is 2.57. The molecule has 0 saturated carbocycles. The quantitative estimate of drug-likeness (QED) is 0.773. The largest absolute Gasteiger partial charge is 0.376 e. The average molecular weight is 368 g/mol. The second-order valence-corrected chi connectivity index (χ2v) is 7.20. The summed E-state index contributed by atoms with van der Waals surface area (Å²) in [5.74, 6) is -0.263. The van der Waals surface area contributed by atoms with Crippen LogP contribution in [0.1, 0.15) is 23.3 Å². The van der Waals surface area contributed by atoms with E-state index in [4.69, 9.17) is 4.74 Å². The first kappa shape index (κ1) is 17.6. The maximum absolute atomic E-state index is 12.9. The van der Waals surface area contributed by atoms with Crippen LogP contribution < -0.4 is 5.32 Å². The smallest absolute Gasteiger partial charge is 0.328 e. The van der Waals surface area contributed by atoms with Gasteiger partial charge in [0.15, 0.2) is 0 Å². The third-order valence-electron chi connectivity index (χ3n) is 5.18. The fourth-order valence-corrected chi connectivity index (χ4v) is 3.78. The number of fused-ring (bicyclic) bond motifs is 3. The lowest BCUT2D eigenvalue weighted by atomic mass is 10.2. The molecule has 2 aromatic heterocycles. The van der Waals surface area contributed by atoms with Crippen molar-refractivity contribution in [3.63, 3.8) is 0 Å². The highest BCUT2D eigenvalue weighted by atomic mass is 16.5. The van der Waals surface area contributed by atoms with Gasteiger partial charge in [0.1, 0.15) is 5.69 Å². The number of amides is 2. The van der Waals surface area contributed by atoms with E-state index in [2.05, 4.69) is 5.32 Å². The Morgan fingerprint density at radius 3 is 2.74 bits per heavy atom. The Labute approximate surface area is 157 Å². The molecule has 3 heterocycles. The van der Waals surface area contributed by atoms with Gasteiger partial charge in [0, 0.05) is 39.7 Å². The molecule has 0 bridgehead atoms. The molecule has 1 fully saturated rings. The third-order valence-corrected chi connectivity index (χ3v) is 5.18. The van der Waals surface area contributed by atoms with Gasteiger partial charge >= 0.3 is 6.03 Å². The molecule has 1 aliphatic heterocycles. The zero-order valence-corrected chi connectivity index (χ0v) is 15.9. The predicted molar refractivity (Wildman–Crippen MR) is 104 cm³/mol. The van der Waals surface area contributed by atoms with Crippen LogP contribution in [0.4, 0.5) is 4.79 Å². The summed E-state index contributed by atoms with van der Waals surface area (Å²) in [5.41, 5.74) is 2.98.